The van der Waals surface area contributed by atoms with Gasteiger partial charge in [0.1, 0.15) is 6.04 Å². The molecule has 1 aromatic carbocycles. The minimum absolute atomic E-state index is 0.165. The summed E-state index contributed by atoms with van der Waals surface area (Å²) in [6, 6.07) is 5.76. The summed E-state index contributed by atoms with van der Waals surface area (Å²) in [6.45, 7) is 5.09. The van der Waals surface area contributed by atoms with E-state index in [1.807, 2.05) is 0 Å². The van der Waals surface area contributed by atoms with Crippen molar-refractivity contribution in [2.75, 3.05) is 23.7 Å². The van der Waals surface area contributed by atoms with Crippen LogP contribution in [0, 0.1) is 5.92 Å². The summed E-state index contributed by atoms with van der Waals surface area (Å²) < 4.78 is 25.6. The van der Waals surface area contributed by atoms with E-state index in [1.165, 1.54) is 0 Å². The predicted molar refractivity (Wildman–Crippen MR) is 93.2 cm³/mol. The van der Waals surface area contributed by atoms with E-state index >= 15 is 0 Å². The molecule has 1 fully saturated rings. The summed E-state index contributed by atoms with van der Waals surface area (Å²) in [6.07, 6.45) is 3.16. The molecule has 0 unspecified atom stereocenters. The lowest BCUT2D eigenvalue weighted by Gasteiger charge is -2.36. The third-order valence-electron chi connectivity index (χ3n) is 4.10. The fourth-order valence-electron chi connectivity index (χ4n) is 3.07. The highest BCUT2D eigenvalue weighted by molar-refractivity contribution is 7.92. The Balaban J connectivity index is 2.30. The Labute approximate surface area is 143 Å². The zero-order valence-electron chi connectivity index (χ0n) is 13.7. The van der Waals surface area contributed by atoms with Crippen LogP contribution >= 0.6 is 11.6 Å². The molecule has 1 heterocycles. The van der Waals surface area contributed by atoms with Crippen molar-refractivity contribution in [3.05, 3.63) is 29.3 Å². The van der Waals surface area contributed by atoms with Gasteiger partial charge >= 0.3 is 0 Å². The van der Waals surface area contributed by atoms with E-state index in [1.54, 1.807) is 36.1 Å². The van der Waals surface area contributed by atoms with Gasteiger partial charge in [0, 0.05) is 18.1 Å². The molecule has 0 radical (unpaired) electrons. The molecule has 2 atom stereocenters. The molecule has 1 amide bonds. The number of nitrogens with zero attached hydrogens (tertiary/aromatic N) is 2. The third kappa shape index (κ3) is 4.38. The Morgan fingerprint density at radius 1 is 1.43 bits per heavy atom. The van der Waals surface area contributed by atoms with Gasteiger partial charge in [0.15, 0.2) is 0 Å². The van der Waals surface area contributed by atoms with Gasteiger partial charge in [-0.1, -0.05) is 24.6 Å². The SMILES string of the molecule is C[C@H]1CCCN(C(=O)[C@@H](C)N(c2cccc(Cl)c2)S(C)(=O)=O)C1. The smallest absolute Gasteiger partial charge is 0.246 e. The number of likely N-dealkylation sites (tertiary alicyclic amines) is 1. The zero-order chi connectivity index (χ0) is 17.2. The van der Waals surface area contributed by atoms with Crippen molar-refractivity contribution < 1.29 is 13.2 Å². The lowest BCUT2D eigenvalue weighted by molar-refractivity contribution is -0.133. The normalized spacial score (nSPS) is 20.2. The van der Waals surface area contributed by atoms with Crippen LogP contribution in [-0.4, -0.2) is 44.6 Å². The number of rotatable bonds is 4. The van der Waals surface area contributed by atoms with Crippen molar-refractivity contribution >= 4 is 33.2 Å². The molecule has 0 bridgehead atoms. The number of amides is 1. The number of hydrogen-bond donors (Lipinski definition) is 0. The van der Waals surface area contributed by atoms with Gasteiger partial charge in [0.2, 0.25) is 15.9 Å². The van der Waals surface area contributed by atoms with Crippen LogP contribution in [0.2, 0.25) is 5.02 Å². The van der Waals surface area contributed by atoms with E-state index in [4.69, 9.17) is 11.6 Å². The molecule has 2 rings (SSSR count). The molecule has 0 saturated carbocycles. The zero-order valence-corrected chi connectivity index (χ0v) is 15.3. The molecule has 1 aliphatic rings. The maximum atomic E-state index is 12.8. The molecule has 1 aromatic rings. The second kappa shape index (κ2) is 7.09. The second-order valence-electron chi connectivity index (χ2n) is 6.25. The standard InChI is InChI=1S/C16H23ClN2O3S/c1-12-6-5-9-18(11-12)16(20)13(2)19(23(3,21)22)15-8-4-7-14(17)10-15/h4,7-8,10,12-13H,5-6,9,11H2,1-3H3/t12-,13+/m0/s1. The van der Waals surface area contributed by atoms with Crippen molar-refractivity contribution in [3.8, 4) is 0 Å². The first-order valence-electron chi connectivity index (χ1n) is 7.74. The van der Waals surface area contributed by atoms with Crippen LogP contribution in [0.5, 0.6) is 0 Å². The summed E-state index contributed by atoms with van der Waals surface area (Å²) in [5.41, 5.74) is 0.408. The number of sulfonamides is 1. The molecule has 0 spiro atoms. The average Bonchev–Trinajstić information content (AvgIpc) is 2.45. The van der Waals surface area contributed by atoms with E-state index in [0.717, 1.165) is 23.4 Å². The Hall–Kier alpha value is -1.27. The van der Waals surface area contributed by atoms with E-state index in [-0.39, 0.29) is 5.91 Å². The molecule has 0 N–H and O–H groups in total. The highest BCUT2D eigenvalue weighted by Gasteiger charge is 2.33. The molecule has 128 valence electrons. The van der Waals surface area contributed by atoms with Crippen molar-refractivity contribution in [1.82, 2.24) is 4.90 Å². The number of anilines is 1. The molecule has 0 aromatic heterocycles. The second-order valence-corrected chi connectivity index (χ2v) is 8.54. The van der Waals surface area contributed by atoms with E-state index < -0.39 is 16.1 Å². The van der Waals surface area contributed by atoms with Crippen LogP contribution in [0.3, 0.4) is 0 Å². The number of hydrogen-bond acceptors (Lipinski definition) is 3. The fourth-order valence-corrected chi connectivity index (χ4v) is 4.42. The Morgan fingerprint density at radius 2 is 2.13 bits per heavy atom. The van der Waals surface area contributed by atoms with Crippen molar-refractivity contribution in [1.29, 1.82) is 0 Å². The van der Waals surface area contributed by atoms with Gasteiger partial charge in [-0.2, -0.15) is 0 Å². The topological polar surface area (TPSA) is 57.7 Å². The Morgan fingerprint density at radius 3 is 2.70 bits per heavy atom. The highest BCUT2D eigenvalue weighted by Crippen LogP contribution is 2.26. The lowest BCUT2D eigenvalue weighted by Crippen LogP contribution is -2.51. The maximum absolute atomic E-state index is 12.8. The lowest BCUT2D eigenvalue weighted by atomic mass is 10.00. The molecule has 5 nitrogen and oxygen atoms in total. The van der Waals surface area contributed by atoms with Crippen molar-refractivity contribution in [2.45, 2.75) is 32.7 Å². The average molecular weight is 359 g/mol. The monoisotopic (exact) mass is 358 g/mol. The summed E-state index contributed by atoms with van der Waals surface area (Å²) >= 11 is 5.97. The van der Waals surface area contributed by atoms with E-state index in [2.05, 4.69) is 6.92 Å². The van der Waals surface area contributed by atoms with Crippen LogP contribution < -0.4 is 4.31 Å². The third-order valence-corrected chi connectivity index (χ3v) is 5.57. The molecule has 0 aliphatic carbocycles. The van der Waals surface area contributed by atoms with Crippen molar-refractivity contribution in [2.24, 2.45) is 5.92 Å². The quantitative estimate of drug-likeness (QED) is 0.831. The first kappa shape index (κ1) is 18.1. The summed E-state index contributed by atoms with van der Waals surface area (Å²) in [5.74, 6) is 0.278. The fraction of sp³-hybridized carbons (Fsp3) is 0.562. The Kier molecular flexibility index (Phi) is 5.57. The minimum atomic E-state index is -3.60. The molecular formula is C16H23ClN2O3S. The minimum Gasteiger partial charge on any atom is -0.341 e. The van der Waals surface area contributed by atoms with E-state index in [0.29, 0.717) is 29.7 Å². The first-order valence-corrected chi connectivity index (χ1v) is 9.96. The van der Waals surface area contributed by atoms with Crippen LogP contribution in [-0.2, 0) is 14.8 Å². The molecule has 1 aliphatic heterocycles. The van der Waals surface area contributed by atoms with E-state index in [9.17, 15) is 13.2 Å². The van der Waals surface area contributed by atoms with Crippen LogP contribution in [0.15, 0.2) is 24.3 Å². The van der Waals surface area contributed by atoms with Gasteiger partial charge < -0.3 is 4.90 Å². The van der Waals surface area contributed by atoms with Crippen LogP contribution in [0.1, 0.15) is 26.7 Å². The van der Waals surface area contributed by atoms with Crippen molar-refractivity contribution in [3.63, 3.8) is 0 Å². The molecule has 1 saturated heterocycles. The molecular weight excluding hydrogens is 336 g/mol. The number of halogens is 1. The number of carbonyl (C=O) groups excluding carboxylic acids is 1. The number of benzene rings is 1. The largest absolute Gasteiger partial charge is 0.341 e. The summed E-state index contributed by atoms with van der Waals surface area (Å²) in [5, 5.41) is 0.433. The number of piperidine rings is 1. The maximum Gasteiger partial charge on any atom is 0.246 e. The highest BCUT2D eigenvalue weighted by atomic mass is 35.5. The van der Waals surface area contributed by atoms with Gasteiger partial charge in [0.05, 0.1) is 11.9 Å². The molecule has 7 heteroatoms. The van der Waals surface area contributed by atoms with Gasteiger partial charge in [-0.3, -0.25) is 9.10 Å². The predicted octanol–water partition coefficient (Wildman–Crippen LogP) is 2.75. The van der Waals surface area contributed by atoms with Crippen LogP contribution in [0.4, 0.5) is 5.69 Å². The van der Waals surface area contributed by atoms with Gasteiger partial charge in [-0.25, -0.2) is 8.42 Å². The van der Waals surface area contributed by atoms with Gasteiger partial charge in [-0.15, -0.1) is 0 Å². The first-order chi connectivity index (χ1) is 10.7. The van der Waals surface area contributed by atoms with Crippen LogP contribution in [0.25, 0.3) is 0 Å². The summed E-state index contributed by atoms with van der Waals surface area (Å²) in [7, 11) is -3.60. The van der Waals surface area contributed by atoms with Gasteiger partial charge in [0.25, 0.3) is 0 Å². The number of carbonyl (C=O) groups is 1. The Bertz CT molecular complexity index is 678. The summed E-state index contributed by atoms with van der Waals surface area (Å²) in [4.78, 5) is 14.5. The van der Waals surface area contributed by atoms with Gasteiger partial charge in [-0.05, 0) is 43.9 Å². The molecule has 23 heavy (non-hydrogen) atoms.